The molecule has 0 amide bonds. The molecule has 0 saturated heterocycles. The second-order valence-corrected chi connectivity index (χ2v) is 5.45. The minimum absolute atomic E-state index is 0.684. The molecule has 16 heavy (non-hydrogen) atoms. The molecule has 0 aliphatic heterocycles. The lowest BCUT2D eigenvalue weighted by molar-refractivity contribution is 0.220. The molecule has 0 atom stereocenters. The van der Waals surface area contributed by atoms with Crippen molar-refractivity contribution >= 4 is 5.87 Å². The van der Waals surface area contributed by atoms with E-state index < -0.39 is 0 Å². The van der Waals surface area contributed by atoms with E-state index in [1.54, 1.807) is 0 Å². The fourth-order valence-corrected chi connectivity index (χ4v) is 2.71. The second-order valence-electron chi connectivity index (χ2n) is 5.45. The lowest BCUT2D eigenvalue weighted by atomic mass is 9.72. The van der Waals surface area contributed by atoms with Crippen molar-refractivity contribution in [2.45, 2.75) is 51.4 Å². The van der Waals surface area contributed by atoms with Gasteiger partial charge in [-0.05, 0) is 49.0 Å². The first kappa shape index (κ1) is 11.7. The maximum atomic E-state index is 6.88. The highest BCUT2D eigenvalue weighted by molar-refractivity contribution is 5.48. The van der Waals surface area contributed by atoms with Crippen LogP contribution in [0.5, 0.6) is 0 Å². The fraction of sp³-hybridized carbons (Fsp3) is 0.733. The molecule has 0 spiro atoms. The second kappa shape index (κ2) is 6.06. The van der Waals surface area contributed by atoms with Crippen LogP contribution in [0.4, 0.5) is 0 Å². The third-order valence-corrected chi connectivity index (χ3v) is 3.96. The lowest BCUT2D eigenvalue weighted by Crippen LogP contribution is -2.21. The van der Waals surface area contributed by atoms with Gasteiger partial charge in [0.2, 0.25) is 0 Å². The normalized spacial score (nSPS) is 27.2. The van der Waals surface area contributed by atoms with Crippen molar-refractivity contribution in [2.75, 3.05) is 0 Å². The van der Waals surface area contributed by atoms with Crippen molar-refractivity contribution in [2.24, 2.45) is 17.8 Å². The molecule has 1 heteroatoms. The van der Waals surface area contributed by atoms with E-state index in [1.807, 2.05) is 6.08 Å². The molecule has 0 aromatic heterocycles. The maximum absolute atomic E-state index is 6.88. The Hall–Kier alpha value is -0.810. The van der Waals surface area contributed by atoms with Crippen molar-refractivity contribution in [1.82, 2.24) is 0 Å². The molecule has 0 radical (unpaired) electrons. The van der Waals surface area contributed by atoms with Crippen LogP contribution in [0.25, 0.3) is 0 Å². The Balaban J connectivity index is 1.36. The largest absolute Gasteiger partial charge is 0.259 e. The topological polar surface area (TPSA) is 23.9 Å². The molecule has 0 unspecified atom stereocenters. The molecule has 88 valence electrons. The number of nitrogens with one attached hydrogen (secondary N) is 1. The van der Waals surface area contributed by atoms with Gasteiger partial charge < -0.3 is 0 Å². The van der Waals surface area contributed by atoms with Crippen LogP contribution in [0.2, 0.25) is 0 Å². The van der Waals surface area contributed by atoms with E-state index >= 15 is 0 Å². The van der Waals surface area contributed by atoms with E-state index in [1.165, 1.54) is 51.4 Å². The van der Waals surface area contributed by atoms with Crippen LogP contribution < -0.4 is 0 Å². The third kappa shape index (κ3) is 3.98. The third-order valence-electron chi connectivity index (χ3n) is 3.96. The first-order valence-corrected chi connectivity index (χ1v) is 6.82. The van der Waals surface area contributed by atoms with E-state index in [4.69, 9.17) is 5.41 Å². The molecule has 2 aliphatic carbocycles. The molecule has 1 nitrogen and oxygen atoms in total. The van der Waals surface area contributed by atoms with E-state index in [0.29, 0.717) is 5.92 Å². The van der Waals surface area contributed by atoms with Crippen molar-refractivity contribution in [3.05, 3.63) is 18.2 Å². The Morgan fingerprint density at radius 1 is 1.06 bits per heavy atom. The zero-order valence-electron chi connectivity index (χ0n) is 10.1. The summed E-state index contributed by atoms with van der Waals surface area (Å²) in [7, 11) is 0. The van der Waals surface area contributed by atoms with Gasteiger partial charge in [0.1, 0.15) is 0 Å². The first-order chi connectivity index (χ1) is 7.88. The summed E-state index contributed by atoms with van der Waals surface area (Å²) in [5.41, 5.74) is 0. The lowest BCUT2D eigenvalue weighted by Gasteiger charge is -2.32. The predicted molar refractivity (Wildman–Crippen MR) is 68.8 cm³/mol. The van der Waals surface area contributed by atoms with Crippen LogP contribution in [0.15, 0.2) is 18.2 Å². The van der Waals surface area contributed by atoms with Crippen LogP contribution >= 0.6 is 0 Å². The number of unbranched alkanes of at least 4 members (excludes halogenated alkanes) is 3. The zero-order chi connectivity index (χ0) is 11.2. The van der Waals surface area contributed by atoms with Crippen molar-refractivity contribution in [3.8, 4) is 0 Å². The van der Waals surface area contributed by atoms with Crippen molar-refractivity contribution in [1.29, 1.82) is 5.41 Å². The van der Waals surface area contributed by atoms with Crippen LogP contribution in [0, 0.1) is 23.2 Å². The first-order valence-electron chi connectivity index (χ1n) is 6.82. The molecule has 1 fully saturated rings. The summed E-state index contributed by atoms with van der Waals surface area (Å²) < 4.78 is 0. The quantitative estimate of drug-likeness (QED) is 0.355. The summed E-state index contributed by atoms with van der Waals surface area (Å²) in [5.74, 6) is 4.93. The Morgan fingerprint density at radius 3 is 2.38 bits per heavy atom. The standard InChI is InChI=1S/C15H23N/c16-10-9-15-11-14(12-15)6-4-2-1-3-5-13-7-8-13/h7-9,13-16H,1-6,11-12H2. The van der Waals surface area contributed by atoms with Gasteiger partial charge in [0, 0.05) is 0 Å². The summed E-state index contributed by atoms with van der Waals surface area (Å²) in [6.07, 6.45) is 17.7. The molecule has 1 saturated carbocycles. The highest BCUT2D eigenvalue weighted by Crippen LogP contribution is 2.37. The molecular weight excluding hydrogens is 194 g/mol. The van der Waals surface area contributed by atoms with Gasteiger partial charge in [-0.3, -0.25) is 5.41 Å². The number of hydrogen-bond donors (Lipinski definition) is 1. The molecule has 2 rings (SSSR count). The average molecular weight is 217 g/mol. The van der Waals surface area contributed by atoms with Crippen LogP contribution in [-0.4, -0.2) is 5.87 Å². The molecule has 0 bridgehead atoms. The van der Waals surface area contributed by atoms with Gasteiger partial charge in [-0.25, -0.2) is 0 Å². The Labute approximate surface area is 99.1 Å². The van der Waals surface area contributed by atoms with Gasteiger partial charge in [0.05, 0.1) is 0 Å². The van der Waals surface area contributed by atoms with Crippen LogP contribution in [0.3, 0.4) is 0 Å². The highest BCUT2D eigenvalue weighted by atomic mass is 14.3. The Kier molecular flexibility index (Phi) is 4.42. The molecular formula is C15H23N. The SMILES string of the molecule is N=C=CC1CC(CCCCCCC2C=C2)C1. The monoisotopic (exact) mass is 217 g/mol. The summed E-state index contributed by atoms with van der Waals surface area (Å²) in [6.45, 7) is 0. The summed E-state index contributed by atoms with van der Waals surface area (Å²) >= 11 is 0. The van der Waals surface area contributed by atoms with Crippen molar-refractivity contribution in [3.63, 3.8) is 0 Å². The van der Waals surface area contributed by atoms with E-state index in [2.05, 4.69) is 18.0 Å². The van der Waals surface area contributed by atoms with Crippen LogP contribution in [0.1, 0.15) is 51.4 Å². The van der Waals surface area contributed by atoms with Gasteiger partial charge in [-0.15, -0.1) is 0 Å². The van der Waals surface area contributed by atoms with E-state index in [0.717, 1.165) is 11.8 Å². The molecule has 0 aromatic rings. The Bertz CT molecular complexity index is 274. The van der Waals surface area contributed by atoms with Crippen molar-refractivity contribution < 1.29 is 0 Å². The highest BCUT2D eigenvalue weighted by Gasteiger charge is 2.26. The van der Waals surface area contributed by atoms with E-state index in [-0.39, 0.29) is 0 Å². The van der Waals surface area contributed by atoms with Gasteiger partial charge >= 0.3 is 0 Å². The van der Waals surface area contributed by atoms with Gasteiger partial charge in [0.15, 0.2) is 0 Å². The predicted octanol–water partition coefficient (Wildman–Crippen LogP) is 4.34. The molecule has 0 aromatic carbocycles. The summed E-state index contributed by atoms with van der Waals surface area (Å²) in [5, 5.41) is 6.88. The molecule has 2 aliphatic rings. The number of rotatable bonds is 8. The van der Waals surface area contributed by atoms with Gasteiger partial charge in [-0.2, -0.15) is 0 Å². The summed E-state index contributed by atoms with van der Waals surface area (Å²) in [6, 6.07) is 0. The molecule has 1 N–H and O–H groups in total. The average Bonchev–Trinajstić information content (AvgIpc) is 3.02. The van der Waals surface area contributed by atoms with Crippen LogP contribution in [-0.2, 0) is 0 Å². The smallest absolute Gasteiger partial charge is 0.00531 e. The molecule has 0 heterocycles. The maximum Gasteiger partial charge on any atom is -0.00531 e. The zero-order valence-corrected chi connectivity index (χ0v) is 10.1. The van der Waals surface area contributed by atoms with E-state index in [9.17, 15) is 0 Å². The van der Waals surface area contributed by atoms with Gasteiger partial charge in [-0.1, -0.05) is 44.3 Å². The number of allylic oxidation sites excluding steroid dienone is 3. The number of hydrogen-bond acceptors (Lipinski definition) is 1. The van der Waals surface area contributed by atoms with Gasteiger partial charge in [0.25, 0.3) is 0 Å². The Morgan fingerprint density at radius 2 is 1.75 bits per heavy atom. The minimum atomic E-state index is 0.684. The fourth-order valence-electron chi connectivity index (χ4n) is 2.71. The summed E-state index contributed by atoms with van der Waals surface area (Å²) in [4.78, 5) is 0. The minimum Gasteiger partial charge on any atom is -0.259 e.